The summed E-state index contributed by atoms with van der Waals surface area (Å²) in [5.74, 6) is -0.316. The molecule has 0 aliphatic carbocycles. The number of rotatable bonds is 1. The minimum absolute atomic E-state index is 0.316. The van der Waals surface area contributed by atoms with Crippen molar-refractivity contribution in [3.05, 3.63) is 0 Å². The molecule has 1 unspecified atom stereocenters. The smallest absolute Gasteiger partial charge is 0.365 e. The van der Waals surface area contributed by atoms with Gasteiger partial charge in [-0.05, 0) is 11.6 Å². The third kappa shape index (κ3) is 1.44. The first-order valence-electron chi connectivity index (χ1n) is 2.26. The van der Waals surface area contributed by atoms with Crippen LogP contribution in [0.5, 0.6) is 0 Å². The van der Waals surface area contributed by atoms with E-state index in [1.54, 1.807) is 0 Å². The van der Waals surface area contributed by atoms with Crippen LogP contribution in [0.15, 0.2) is 15.2 Å². The van der Waals surface area contributed by atoms with E-state index in [0.717, 1.165) is 0 Å². The molecule has 6 nitrogen and oxygen atoms in total. The summed E-state index contributed by atoms with van der Waals surface area (Å²) < 4.78 is 19.0. The van der Waals surface area contributed by atoms with Gasteiger partial charge in [-0.25, -0.2) is 8.42 Å². The highest BCUT2D eigenvalue weighted by Gasteiger charge is 2.44. The van der Waals surface area contributed by atoms with Crippen molar-refractivity contribution in [1.82, 2.24) is 0 Å². The fourth-order valence-corrected chi connectivity index (χ4v) is 1.06. The van der Waals surface area contributed by atoms with E-state index in [9.17, 15) is 8.42 Å². The minimum atomic E-state index is -4.13. The van der Waals surface area contributed by atoms with Crippen molar-refractivity contribution in [1.29, 1.82) is 0 Å². The average Bonchev–Trinajstić information content (AvgIpc) is 2.10. The summed E-state index contributed by atoms with van der Waals surface area (Å²) >= 11 is 5.29. The first kappa shape index (κ1) is 8.69. The third-order valence-corrected chi connectivity index (χ3v) is 3.28. The van der Waals surface area contributed by atoms with E-state index in [2.05, 4.69) is 15.2 Å². The van der Waals surface area contributed by atoms with Gasteiger partial charge in [0.05, 0.1) is 0 Å². The van der Waals surface area contributed by atoms with Crippen molar-refractivity contribution in [2.75, 3.05) is 0 Å². The van der Waals surface area contributed by atoms with Gasteiger partial charge in [-0.3, -0.25) is 0 Å². The Hall–Kier alpha value is -0.400. The molecular formula is C2H2Cl2N4O2S. The number of nitrogens with two attached hydrogens (primary N) is 1. The van der Waals surface area contributed by atoms with Crippen LogP contribution >= 0.6 is 22.3 Å². The Morgan fingerprint density at radius 2 is 2.09 bits per heavy atom. The van der Waals surface area contributed by atoms with Crippen LogP contribution in [-0.2, 0) is 9.05 Å². The van der Waals surface area contributed by atoms with Crippen LogP contribution in [0.4, 0.5) is 0 Å². The summed E-state index contributed by atoms with van der Waals surface area (Å²) in [6, 6.07) is 0. The second kappa shape index (κ2) is 2.29. The summed E-state index contributed by atoms with van der Waals surface area (Å²) in [5, 5.41) is 6.17. The van der Waals surface area contributed by atoms with Crippen LogP contribution in [0.1, 0.15) is 0 Å². The maximum atomic E-state index is 10.6. The summed E-state index contributed by atoms with van der Waals surface area (Å²) in [5.41, 5.74) is 4.99. The van der Waals surface area contributed by atoms with E-state index in [0.29, 0.717) is 0 Å². The molecule has 0 amide bonds. The largest absolute Gasteiger partial charge is 0.367 e. The van der Waals surface area contributed by atoms with Crippen molar-refractivity contribution >= 4 is 37.3 Å². The number of guanidine groups is 1. The maximum absolute atomic E-state index is 10.6. The van der Waals surface area contributed by atoms with Gasteiger partial charge < -0.3 is 5.73 Å². The number of halogens is 2. The highest BCUT2D eigenvalue weighted by molar-refractivity contribution is 8.15. The fraction of sp³-hybridized carbons (Fsp3) is 0.500. The number of aliphatic imine (C=N–C) groups is 1. The predicted octanol–water partition coefficient (Wildman–Crippen LogP) is 0.186. The average molecular weight is 217 g/mol. The third-order valence-electron chi connectivity index (χ3n) is 0.838. The molecule has 9 heteroatoms. The normalized spacial score (nSPS) is 30.5. The van der Waals surface area contributed by atoms with Gasteiger partial charge in [0.2, 0.25) is 5.96 Å². The van der Waals surface area contributed by atoms with E-state index in [1.165, 1.54) is 0 Å². The molecule has 1 atom stereocenters. The molecule has 1 aliphatic rings. The van der Waals surface area contributed by atoms with E-state index < -0.39 is 13.5 Å². The van der Waals surface area contributed by atoms with Gasteiger partial charge in [0, 0.05) is 10.7 Å². The predicted molar refractivity (Wildman–Crippen MR) is 39.8 cm³/mol. The number of hydrogen-bond acceptors (Lipinski definition) is 6. The van der Waals surface area contributed by atoms with E-state index in [1.807, 2.05) is 0 Å². The summed E-state index contributed by atoms with van der Waals surface area (Å²) in [4.78, 5) is 3.20. The standard InChI is InChI=1S/C2H2Cl2N4O2S/c3-2(11(4,9)10)6-1(5)7-8-2/h(H2,5,6). The fourth-order valence-electron chi connectivity index (χ4n) is 0.402. The van der Waals surface area contributed by atoms with Gasteiger partial charge in [-0.1, -0.05) is 0 Å². The van der Waals surface area contributed by atoms with Gasteiger partial charge in [0.25, 0.3) is 9.05 Å². The zero-order valence-corrected chi connectivity index (χ0v) is 7.23. The van der Waals surface area contributed by atoms with Crippen molar-refractivity contribution in [3.63, 3.8) is 0 Å². The van der Waals surface area contributed by atoms with Gasteiger partial charge in [0.1, 0.15) is 0 Å². The van der Waals surface area contributed by atoms with Crippen LogP contribution in [0, 0.1) is 0 Å². The molecule has 0 bridgehead atoms. The van der Waals surface area contributed by atoms with Gasteiger partial charge in [-0.2, -0.15) is 4.99 Å². The molecule has 0 aromatic carbocycles. The SMILES string of the molecule is NC1=NC(Cl)(S(=O)(=O)Cl)N=N1. The number of nitrogens with zero attached hydrogens (tertiary/aromatic N) is 3. The first-order chi connectivity index (χ1) is 4.85. The lowest BCUT2D eigenvalue weighted by molar-refractivity contribution is 0.589. The van der Waals surface area contributed by atoms with Crippen molar-refractivity contribution < 1.29 is 8.42 Å². The van der Waals surface area contributed by atoms with Gasteiger partial charge >= 0.3 is 4.45 Å². The highest BCUT2D eigenvalue weighted by Crippen LogP contribution is 2.32. The molecule has 2 N–H and O–H groups in total. The second-order valence-electron chi connectivity index (χ2n) is 1.64. The number of hydrogen-bond donors (Lipinski definition) is 1. The monoisotopic (exact) mass is 216 g/mol. The molecule has 0 aromatic heterocycles. The Kier molecular flexibility index (Phi) is 1.81. The summed E-state index contributed by atoms with van der Waals surface area (Å²) in [6.07, 6.45) is 0. The lowest BCUT2D eigenvalue weighted by atomic mass is 11.0. The second-order valence-corrected chi connectivity index (χ2v) is 5.05. The van der Waals surface area contributed by atoms with Crippen molar-refractivity contribution in [3.8, 4) is 0 Å². The van der Waals surface area contributed by atoms with Crippen molar-refractivity contribution in [2.45, 2.75) is 4.45 Å². The van der Waals surface area contributed by atoms with Gasteiger partial charge in [0.15, 0.2) is 0 Å². The van der Waals surface area contributed by atoms with Crippen LogP contribution < -0.4 is 5.73 Å². The Morgan fingerprint density at radius 1 is 1.55 bits per heavy atom. The highest BCUT2D eigenvalue weighted by atomic mass is 35.7. The minimum Gasteiger partial charge on any atom is -0.367 e. The molecule has 0 radical (unpaired) electrons. The molecule has 0 aromatic rings. The van der Waals surface area contributed by atoms with Crippen molar-refractivity contribution in [2.24, 2.45) is 21.0 Å². The topological polar surface area (TPSA) is 97.2 Å². The van der Waals surface area contributed by atoms with E-state index in [-0.39, 0.29) is 5.96 Å². The molecule has 11 heavy (non-hydrogen) atoms. The molecule has 0 fully saturated rings. The number of azo groups is 1. The van der Waals surface area contributed by atoms with Crippen LogP contribution in [0.3, 0.4) is 0 Å². The van der Waals surface area contributed by atoms with E-state index in [4.69, 9.17) is 28.0 Å². The molecule has 1 heterocycles. The Labute approximate surface area is 71.5 Å². The van der Waals surface area contributed by atoms with Gasteiger partial charge in [-0.15, -0.1) is 10.2 Å². The quantitative estimate of drug-likeness (QED) is 0.385. The summed E-state index contributed by atoms with van der Waals surface area (Å²) in [7, 11) is 0.745. The van der Waals surface area contributed by atoms with Crippen LogP contribution in [0.25, 0.3) is 0 Å². The van der Waals surface area contributed by atoms with Crippen LogP contribution in [-0.4, -0.2) is 18.8 Å². The Balaban J connectivity index is 3.18. The zero-order chi connectivity index (χ0) is 8.70. The molecular weight excluding hydrogens is 215 g/mol. The lowest BCUT2D eigenvalue weighted by Gasteiger charge is -2.05. The zero-order valence-electron chi connectivity index (χ0n) is 4.90. The Bertz CT molecular complexity index is 334. The molecule has 1 aliphatic heterocycles. The lowest BCUT2D eigenvalue weighted by Crippen LogP contribution is -2.22. The first-order valence-corrected chi connectivity index (χ1v) is 4.95. The molecule has 0 saturated carbocycles. The molecule has 62 valence electrons. The molecule has 1 rings (SSSR count). The number of alkyl halides is 1. The maximum Gasteiger partial charge on any atom is 0.365 e. The summed E-state index contributed by atoms with van der Waals surface area (Å²) in [6.45, 7) is 0. The van der Waals surface area contributed by atoms with Crippen LogP contribution in [0.2, 0.25) is 0 Å². The molecule has 0 spiro atoms. The van der Waals surface area contributed by atoms with E-state index >= 15 is 0 Å². The Morgan fingerprint density at radius 3 is 2.27 bits per heavy atom. The molecule has 0 saturated heterocycles.